The Balaban J connectivity index is 2.19. The van der Waals surface area contributed by atoms with Crippen molar-refractivity contribution in [3.63, 3.8) is 0 Å². The molecule has 0 fully saturated rings. The van der Waals surface area contributed by atoms with Crippen molar-refractivity contribution < 1.29 is 14.7 Å². The summed E-state index contributed by atoms with van der Waals surface area (Å²) in [6.45, 7) is 4.02. The predicted octanol–water partition coefficient (Wildman–Crippen LogP) is 2.61. The third-order valence-corrected chi connectivity index (χ3v) is 4.66. The molecule has 2 aromatic rings. The van der Waals surface area contributed by atoms with Gasteiger partial charge in [-0.2, -0.15) is 0 Å². The zero-order valence-electron chi connectivity index (χ0n) is 14.3. The number of nitrogens with two attached hydrogens (primary N) is 1. The third kappa shape index (κ3) is 5.65. The largest absolute Gasteiger partial charge is 0.476 e. The van der Waals surface area contributed by atoms with Crippen LogP contribution in [0, 0.1) is 5.92 Å². The molecule has 134 valence electrons. The van der Waals surface area contributed by atoms with E-state index in [4.69, 9.17) is 10.8 Å². The van der Waals surface area contributed by atoms with E-state index in [9.17, 15) is 9.59 Å². The summed E-state index contributed by atoms with van der Waals surface area (Å²) in [6.07, 6.45) is 1.11. The first kappa shape index (κ1) is 19.1. The lowest BCUT2D eigenvalue weighted by Crippen LogP contribution is -2.43. The summed E-state index contributed by atoms with van der Waals surface area (Å²) in [7, 11) is 0. The Bertz CT molecular complexity index is 715. The Hall–Kier alpha value is -2.25. The van der Waals surface area contributed by atoms with Crippen LogP contribution in [-0.4, -0.2) is 28.0 Å². The molecule has 2 atom stereocenters. The first-order valence-electron chi connectivity index (χ1n) is 8.15. The van der Waals surface area contributed by atoms with Gasteiger partial charge in [-0.1, -0.05) is 44.2 Å². The number of thiazole rings is 1. The second kappa shape index (κ2) is 8.73. The molecule has 1 amide bonds. The van der Waals surface area contributed by atoms with E-state index in [0.717, 1.165) is 5.56 Å². The van der Waals surface area contributed by atoms with Gasteiger partial charge in [-0.15, -0.1) is 11.3 Å². The number of hydrogen-bond donors (Lipinski definition) is 3. The standard InChI is InChI=1S/C18H23N3O3S/c1-11(2)8-13(19)16(22)20-14(9-12-6-4-3-5-7-12)17-21-15(10-25-17)18(23)24/h3-7,10-11,13-14H,8-9,19H2,1-2H3,(H,20,22)(H,23,24)/t13-,14-/m0/s1. The third-order valence-electron chi connectivity index (χ3n) is 3.70. The molecule has 0 saturated carbocycles. The van der Waals surface area contributed by atoms with Crippen molar-refractivity contribution in [2.75, 3.05) is 0 Å². The van der Waals surface area contributed by atoms with Gasteiger partial charge < -0.3 is 16.2 Å². The number of benzene rings is 1. The molecule has 0 spiro atoms. The average molecular weight is 361 g/mol. The van der Waals surface area contributed by atoms with Crippen molar-refractivity contribution in [2.45, 2.75) is 38.8 Å². The predicted molar refractivity (Wildman–Crippen MR) is 97.5 cm³/mol. The molecule has 1 heterocycles. The number of carbonyl (C=O) groups is 2. The van der Waals surface area contributed by atoms with Gasteiger partial charge in [0.2, 0.25) is 5.91 Å². The smallest absolute Gasteiger partial charge is 0.355 e. The van der Waals surface area contributed by atoms with Crippen molar-refractivity contribution in [3.05, 3.63) is 52.0 Å². The number of carboxylic acid groups (broad SMARTS) is 1. The first-order chi connectivity index (χ1) is 11.9. The second-order valence-corrected chi connectivity index (χ2v) is 7.25. The number of aromatic carboxylic acids is 1. The van der Waals surface area contributed by atoms with Crippen LogP contribution in [0.3, 0.4) is 0 Å². The zero-order chi connectivity index (χ0) is 18.4. The van der Waals surface area contributed by atoms with E-state index in [1.165, 1.54) is 16.7 Å². The van der Waals surface area contributed by atoms with Gasteiger partial charge in [0.1, 0.15) is 5.01 Å². The Kier molecular flexibility index (Phi) is 6.66. The van der Waals surface area contributed by atoms with Crippen LogP contribution in [0.5, 0.6) is 0 Å². The minimum absolute atomic E-state index is 0.0150. The maximum atomic E-state index is 12.4. The molecule has 0 aliphatic rings. The van der Waals surface area contributed by atoms with Gasteiger partial charge in [-0.05, 0) is 24.3 Å². The highest BCUT2D eigenvalue weighted by molar-refractivity contribution is 7.09. The summed E-state index contributed by atoms with van der Waals surface area (Å²) in [5.74, 6) is -1.02. The van der Waals surface area contributed by atoms with Gasteiger partial charge in [0.25, 0.3) is 0 Å². The minimum Gasteiger partial charge on any atom is -0.476 e. The highest BCUT2D eigenvalue weighted by Gasteiger charge is 2.23. The van der Waals surface area contributed by atoms with Crippen LogP contribution in [0.15, 0.2) is 35.7 Å². The van der Waals surface area contributed by atoms with Gasteiger partial charge in [-0.25, -0.2) is 9.78 Å². The zero-order valence-corrected chi connectivity index (χ0v) is 15.1. The van der Waals surface area contributed by atoms with E-state index in [0.29, 0.717) is 23.8 Å². The molecule has 0 saturated heterocycles. The van der Waals surface area contributed by atoms with Crippen molar-refractivity contribution in [1.82, 2.24) is 10.3 Å². The number of amides is 1. The molecule has 7 heteroatoms. The quantitative estimate of drug-likeness (QED) is 0.670. The number of nitrogens with one attached hydrogen (secondary N) is 1. The fourth-order valence-electron chi connectivity index (χ4n) is 2.49. The normalized spacial score (nSPS) is 13.4. The number of hydrogen-bond acceptors (Lipinski definition) is 5. The van der Waals surface area contributed by atoms with Gasteiger partial charge in [0.05, 0.1) is 12.1 Å². The maximum absolute atomic E-state index is 12.4. The molecule has 1 aromatic heterocycles. The second-order valence-electron chi connectivity index (χ2n) is 6.36. The first-order valence-corrected chi connectivity index (χ1v) is 9.03. The van der Waals surface area contributed by atoms with Gasteiger partial charge in [-0.3, -0.25) is 4.79 Å². The molecule has 0 aliphatic carbocycles. The van der Waals surface area contributed by atoms with Crippen LogP contribution in [0.1, 0.15) is 47.4 Å². The van der Waals surface area contributed by atoms with E-state index >= 15 is 0 Å². The van der Waals surface area contributed by atoms with E-state index in [1.807, 2.05) is 44.2 Å². The topological polar surface area (TPSA) is 105 Å². The molecular weight excluding hydrogens is 338 g/mol. The molecule has 0 radical (unpaired) electrons. The lowest BCUT2D eigenvalue weighted by atomic mass is 10.0. The molecular formula is C18H23N3O3S. The highest BCUT2D eigenvalue weighted by Crippen LogP contribution is 2.23. The van der Waals surface area contributed by atoms with Crippen LogP contribution in [0.2, 0.25) is 0 Å². The van der Waals surface area contributed by atoms with Crippen molar-refractivity contribution >= 4 is 23.2 Å². The molecule has 25 heavy (non-hydrogen) atoms. The van der Waals surface area contributed by atoms with E-state index in [2.05, 4.69) is 10.3 Å². The van der Waals surface area contributed by atoms with Crippen LogP contribution in [0.4, 0.5) is 0 Å². The fourth-order valence-corrected chi connectivity index (χ4v) is 3.33. The van der Waals surface area contributed by atoms with Crippen LogP contribution in [0.25, 0.3) is 0 Å². The summed E-state index contributed by atoms with van der Waals surface area (Å²) in [5.41, 5.74) is 6.98. The number of nitrogens with zero attached hydrogens (tertiary/aromatic N) is 1. The Labute approximate surface area is 151 Å². The van der Waals surface area contributed by atoms with Crippen molar-refractivity contribution in [3.8, 4) is 0 Å². The Morgan fingerprint density at radius 3 is 2.52 bits per heavy atom. The van der Waals surface area contributed by atoms with E-state index in [-0.39, 0.29) is 11.6 Å². The minimum atomic E-state index is -1.08. The fraction of sp³-hybridized carbons (Fsp3) is 0.389. The molecule has 6 nitrogen and oxygen atoms in total. The summed E-state index contributed by atoms with van der Waals surface area (Å²) < 4.78 is 0. The molecule has 1 aromatic carbocycles. The highest BCUT2D eigenvalue weighted by atomic mass is 32.1. The van der Waals surface area contributed by atoms with Crippen LogP contribution in [-0.2, 0) is 11.2 Å². The SMILES string of the molecule is CC(C)C[C@H](N)C(=O)N[C@@H](Cc1ccccc1)c1nc(C(=O)O)cs1. The van der Waals surface area contributed by atoms with E-state index < -0.39 is 18.1 Å². The van der Waals surface area contributed by atoms with Crippen LogP contribution < -0.4 is 11.1 Å². The average Bonchev–Trinajstić information content (AvgIpc) is 3.04. The van der Waals surface area contributed by atoms with Gasteiger partial charge in [0, 0.05) is 5.38 Å². The molecule has 0 bridgehead atoms. The lowest BCUT2D eigenvalue weighted by Gasteiger charge is -2.20. The van der Waals surface area contributed by atoms with E-state index in [1.54, 1.807) is 0 Å². The molecule has 2 rings (SSSR count). The summed E-state index contributed by atoms with van der Waals surface area (Å²) in [4.78, 5) is 27.6. The summed E-state index contributed by atoms with van der Waals surface area (Å²) in [5, 5.41) is 14.0. The number of carbonyl (C=O) groups excluding carboxylic acids is 1. The number of aromatic nitrogens is 1. The van der Waals surface area contributed by atoms with Crippen molar-refractivity contribution in [1.29, 1.82) is 0 Å². The molecule has 0 unspecified atom stereocenters. The van der Waals surface area contributed by atoms with Crippen molar-refractivity contribution in [2.24, 2.45) is 11.7 Å². The van der Waals surface area contributed by atoms with Gasteiger partial charge >= 0.3 is 5.97 Å². The van der Waals surface area contributed by atoms with Gasteiger partial charge in [0.15, 0.2) is 5.69 Å². The lowest BCUT2D eigenvalue weighted by molar-refractivity contribution is -0.123. The number of rotatable bonds is 8. The maximum Gasteiger partial charge on any atom is 0.355 e. The summed E-state index contributed by atoms with van der Waals surface area (Å²) >= 11 is 1.23. The summed E-state index contributed by atoms with van der Waals surface area (Å²) in [6, 6.07) is 8.66. The molecule has 4 N–H and O–H groups in total. The monoisotopic (exact) mass is 361 g/mol. The molecule has 0 aliphatic heterocycles. The number of carboxylic acids is 1. The van der Waals surface area contributed by atoms with Crippen LogP contribution >= 0.6 is 11.3 Å². The Morgan fingerprint density at radius 2 is 1.96 bits per heavy atom. The Morgan fingerprint density at radius 1 is 1.28 bits per heavy atom.